The minimum atomic E-state index is -0.0287. The summed E-state index contributed by atoms with van der Waals surface area (Å²) >= 11 is 0. The lowest BCUT2D eigenvalue weighted by Crippen LogP contribution is -2.25. The van der Waals surface area contributed by atoms with Crippen LogP contribution >= 0.6 is 12.4 Å². The Hall–Kier alpha value is -1.59. The largest absolute Gasteiger partial charge is 0.324 e. The highest BCUT2D eigenvalue weighted by molar-refractivity contribution is 6.04. The molecule has 1 heterocycles. The van der Waals surface area contributed by atoms with Crippen molar-refractivity contribution >= 4 is 29.7 Å². The second-order valence-electron chi connectivity index (χ2n) is 3.32. The second kappa shape index (κ2) is 5.48. The summed E-state index contributed by atoms with van der Waals surface area (Å²) in [7, 11) is 0. The van der Waals surface area contributed by atoms with E-state index in [-0.39, 0.29) is 18.3 Å². The van der Waals surface area contributed by atoms with Gasteiger partial charge in [-0.25, -0.2) is 5.43 Å². The molecule has 0 aromatic heterocycles. The number of anilines is 1. The summed E-state index contributed by atoms with van der Waals surface area (Å²) in [5.74, 6) is 5.23. The van der Waals surface area contributed by atoms with E-state index < -0.39 is 0 Å². The summed E-state index contributed by atoms with van der Waals surface area (Å²) in [4.78, 5) is 10.9. The average molecular weight is 241 g/mol. The van der Waals surface area contributed by atoms with Crippen molar-refractivity contribution < 1.29 is 4.79 Å². The number of nitrogen functional groups attached to an aromatic ring is 1. The molecule has 4 N–H and O–H groups in total. The molecule has 0 saturated carbocycles. The van der Waals surface area contributed by atoms with Crippen LogP contribution < -0.4 is 16.7 Å². The van der Waals surface area contributed by atoms with Gasteiger partial charge in [-0.15, -0.1) is 12.4 Å². The molecule has 1 aromatic carbocycles. The predicted octanol–water partition coefficient (Wildman–Crippen LogP) is 1.01. The normalized spacial score (nSPS) is 14.6. The fraction of sp³-hybridized carbons (Fsp3) is 0.200. The maximum atomic E-state index is 10.9. The van der Waals surface area contributed by atoms with Crippen molar-refractivity contribution in [1.29, 1.82) is 0 Å². The Morgan fingerprint density at radius 2 is 1.94 bits per heavy atom. The van der Waals surface area contributed by atoms with Crippen LogP contribution in [-0.2, 0) is 4.79 Å². The van der Waals surface area contributed by atoms with Gasteiger partial charge >= 0.3 is 0 Å². The van der Waals surface area contributed by atoms with E-state index in [0.717, 1.165) is 17.0 Å². The molecular weight excluding hydrogens is 228 g/mol. The molecule has 2 rings (SSSR count). The molecule has 5 nitrogen and oxygen atoms in total. The molecule has 1 amide bonds. The standard InChI is InChI=1S/C10H12N4O.ClH/c11-12-8-3-1-7(2-4-8)9-5-6-10(15)14-13-9;/h1-4,12H,5-6,11H2,(H,14,15);1H. The first-order valence-electron chi connectivity index (χ1n) is 4.72. The Kier molecular flexibility index (Phi) is 4.28. The highest BCUT2D eigenvalue weighted by Crippen LogP contribution is 2.13. The van der Waals surface area contributed by atoms with Gasteiger partial charge in [0.1, 0.15) is 0 Å². The molecule has 0 radical (unpaired) electrons. The number of halogens is 1. The van der Waals surface area contributed by atoms with E-state index in [1.165, 1.54) is 0 Å². The number of carbonyl (C=O) groups excluding carboxylic acids is 1. The summed E-state index contributed by atoms with van der Waals surface area (Å²) in [6.07, 6.45) is 1.18. The number of carbonyl (C=O) groups is 1. The lowest BCUT2D eigenvalue weighted by molar-refractivity contribution is -0.121. The number of hydrazone groups is 1. The van der Waals surface area contributed by atoms with Crippen molar-refractivity contribution in [1.82, 2.24) is 5.43 Å². The summed E-state index contributed by atoms with van der Waals surface area (Å²) in [5.41, 5.74) is 7.78. The lowest BCUT2D eigenvalue weighted by Gasteiger charge is -2.12. The number of nitrogens with two attached hydrogens (primary N) is 1. The van der Waals surface area contributed by atoms with Gasteiger partial charge in [0.2, 0.25) is 5.91 Å². The molecule has 0 saturated heterocycles. The average Bonchev–Trinajstić information content (AvgIpc) is 2.30. The quantitative estimate of drug-likeness (QED) is 0.533. The van der Waals surface area contributed by atoms with Crippen LogP contribution in [0.1, 0.15) is 18.4 Å². The van der Waals surface area contributed by atoms with Crippen molar-refractivity contribution in [3.05, 3.63) is 29.8 Å². The Balaban J connectivity index is 0.00000128. The molecule has 0 fully saturated rings. The van der Waals surface area contributed by atoms with Gasteiger partial charge in [0.05, 0.1) is 5.71 Å². The Morgan fingerprint density at radius 1 is 1.25 bits per heavy atom. The van der Waals surface area contributed by atoms with Gasteiger partial charge in [-0.05, 0) is 17.7 Å². The van der Waals surface area contributed by atoms with E-state index in [2.05, 4.69) is 16.0 Å². The smallest absolute Gasteiger partial charge is 0.240 e. The molecular formula is C10H13ClN4O. The molecule has 6 heteroatoms. The molecule has 16 heavy (non-hydrogen) atoms. The van der Waals surface area contributed by atoms with Crippen LogP contribution in [0.15, 0.2) is 29.4 Å². The maximum absolute atomic E-state index is 10.9. The number of hydrazine groups is 1. The van der Waals surface area contributed by atoms with Gasteiger partial charge in [0.25, 0.3) is 0 Å². The molecule has 0 aliphatic carbocycles. The van der Waals surface area contributed by atoms with Crippen molar-refractivity contribution in [3.63, 3.8) is 0 Å². The van der Waals surface area contributed by atoms with Crippen LogP contribution in [0.2, 0.25) is 0 Å². The summed E-state index contributed by atoms with van der Waals surface area (Å²) in [5, 5.41) is 4.00. The zero-order chi connectivity index (χ0) is 10.7. The van der Waals surface area contributed by atoms with Gasteiger partial charge < -0.3 is 5.43 Å². The van der Waals surface area contributed by atoms with E-state index in [1.807, 2.05) is 24.3 Å². The fourth-order valence-corrected chi connectivity index (χ4v) is 1.44. The maximum Gasteiger partial charge on any atom is 0.240 e. The van der Waals surface area contributed by atoms with Gasteiger partial charge in [-0.1, -0.05) is 12.1 Å². The third-order valence-electron chi connectivity index (χ3n) is 2.29. The van der Waals surface area contributed by atoms with E-state index in [4.69, 9.17) is 5.84 Å². The predicted molar refractivity (Wildman–Crippen MR) is 65.4 cm³/mol. The van der Waals surface area contributed by atoms with E-state index in [0.29, 0.717) is 12.8 Å². The Morgan fingerprint density at radius 3 is 2.44 bits per heavy atom. The van der Waals surface area contributed by atoms with Crippen LogP contribution in [0, 0.1) is 0 Å². The fourth-order valence-electron chi connectivity index (χ4n) is 1.44. The second-order valence-corrected chi connectivity index (χ2v) is 3.32. The van der Waals surface area contributed by atoms with Gasteiger partial charge in [-0.2, -0.15) is 5.10 Å². The number of nitrogens with zero attached hydrogens (tertiary/aromatic N) is 1. The SMILES string of the molecule is Cl.NNc1ccc(C2=NNC(=O)CC2)cc1. The zero-order valence-corrected chi connectivity index (χ0v) is 9.38. The highest BCUT2D eigenvalue weighted by atomic mass is 35.5. The number of hydrogen-bond acceptors (Lipinski definition) is 4. The number of nitrogens with one attached hydrogen (secondary N) is 2. The molecule has 0 atom stereocenters. The van der Waals surface area contributed by atoms with Crippen LogP contribution in [0.25, 0.3) is 0 Å². The van der Waals surface area contributed by atoms with E-state index in [1.54, 1.807) is 0 Å². The van der Waals surface area contributed by atoms with Crippen LogP contribution in [0.5, 0.6) is 0 Å². The first-order valence-corrected chi connectivity index (χ1v) is 4.72. The summed E-state index contributed by atoms with van der Waals surface area (Å²) < 4.78 is 0. The Labute approximate surface area is 99.5 Å². The third kappa shape index (κ3) is 2.71. The summed E-state index contributed by atoms with van der Waals surface area (Å²) in [6.45, 7) is 0. The molecule has 0 unspecified atom stereocenters. The summed E-state index contributed by atoms with van der Waals surface area (Å²) in [6, 6.07) is 7.58. The third-order valence-corrected chi connectivity index (χ3v) is 2.29. The number of benzene rings is 1. The number of amides is 1. The number of hydrogen-bond donors (Lipinski definition) is 3. The highest BCUT2D eigenvalue weighted by Gasteiger charge is 2.12. The zero-order valence-electron chi connectivity index (χ0n) is 8.56. The van der Waals surface area contributed by atoms with Crippen LogP contribution in [-0.4, -0.2) is 11.6 Å². The van der Waals surface area contributed by atoms with Crippen molar-refractivity contribution in [2.75, 3.05) is 5.43 Å². The van der Waals surface area contributed by atoms with Gasteiger partial charge in [-0.3, -0.25) is 10.6 Å². The van der Waals surface area contributed by atoms with Crippen LogP contribution in [0.4, 0.5) is 5.69 Å². The minimum Gasteiger partial charge on any atom is -0.324 e. The van der Waals surface area contributed by atoms with Crippen LogP contribution in [0.3, 0.4) is 0 Å². The van der Waals surface area contributed by atoms with Gasteiger partial charge in [0.15, 0.2) is 0 Å². The Bertz CT molecular complexity index is 402. The number of rotatable bonds is 2. The first kappa shape index (κ1) is 12.5. The lowest BCUT2D eigenvalue weighted by atomic mass is 10.0. The van der Waals surface area contributed by atoms with Crippen molar-refractivity contribution in [2.45, 2.75) is 12.8 Å². The monoisotopic (exact) mass is 240 g/mol. The minimum absolute atomic E-state index is 0. The molecule has 0 bridgehead atoms. The molecule has 1 aliphatic heterocycles. The molecule has 1 aromatic rings. The van der Waals surface area contributed by atoms with Crippen molar-refractivity contribution in [3.8, 4) is 0 Å². The first-order chi connectivity index (χ1) is 7.29. The van der Waals surface area contributed by atoms with E-state index >= 15 is 0 Å². The molecule has 0 spiro atoms. The molecule has 1 aliphatic rings. The van der Waals surface area contributed by atoms with E-state index in [9.17, 15) is 4.79 Å². The van der Waals surface area contributed by atoms with Gasteiger partial charge in [0, 0.05) is 18.5 Å². The topological polar surface area (TPSA) is 79.5 Å². The molecule has 86 valence electrons. The van der Waals surface area contributed by atoms with Crippen molar-refractivity contribution in [2.24, 2.45) is 10.9 Å².